The number of allylic oxidation sites excluding steroid dienone is 2. The molecule has 35 heavy (non-hydrogen) atoms. The van der Waals surface area contributed by atoms with E-state index in [2.05, 4.69) is 57.5 Å². The summed E-state index contributed by atoms with van der Waals surface area (Å²) < 4.78 is 5.39. The molecule has 0 heterocycles. The maximum Gasteiger partial charge on any atom is 0.312 e. The number of hydrogen-bond donors (Lipinski definition) is 0. The highest BCUT2D eigenvalue weighted by atomic mass is 79.9. The smallest absolute Gasteiger partial charge is 0.312 e. The Kier molecular flexibility index (Phi) is 5.70. The molecule has 0 radical (unpaired) electrons. The third-order valence-corrected chi connectivity index (χ3v) is 12.6. The molecule has 0 saturated heterocycles. The number of rotatable bonds is 1. The quantitative estimate of drug-likeness (QED) is 0.271. The number of alkyl halides is 1. The van der Waals surface area contributed by atoms with Crippen LogP contribution >= 0.6 is 15.9 Å². The Bertz CT molecular complexity index is 1010. The Labute approximate surface area is 219 Å². The lowest BCUT2D eigenvalue weighted by Gasteiger charge is -2.65. The molecule has 5 aliphatic rings. The summed E-state index contributed by atoms with van der Waals surface area (Å²) in [5.41, 5.74) is 0.222. The molecule has 8 atom stereocenters. The number of ketones is 2. The molecular formula is C30H43BrO4. The minimum absolute atomic E-state index is 0.0402. The average molecular weight is 548 g/mol. The summed E-state index contributed by atoms with van der Waals surface area (Å²) in [4.78, 5) is 40.4. The molecule has 5 rings (SSSR count). The monoisotopic (exact) mass is 546 g/mol. The number of fused-ring (bicyclic) bond motifs is 7. The molecule has 194 valence electrons. The molecule has 0 aromatic rings. The van der Waals surface area contributed by atoms with E-state index in [1.165, 1.54) is 12.7 Å². The maximum atomic E-state index is 14.2. The van der Waals surface area contributed by atoms with Crippen LogP contribution in [0.1, 0.15) is 92.9 Å². The van der Waals surface area contributed by atoms with Crippen molar-refractivity contribution in [2.24, 2.45) is 50.7 Å². The summed E-state index contributed by atoms with van der Waals surface area (Å²) in [6.07, 6.45) is 9.24. The van der Waals surface area contributed by atoms with Crippen molar-refractivity contribution >= 4 is 33.5 Å². The van der Waals surface area contributed by atoms with Crippen LogP contribution in [0.4, 0.5) is 0 Å². The Morgan fingerprint density at radius 3 is 2.26 bits per heavy atom. The lowest BCUT2D eigenvalue weighted by Crippen LogP contribution is -2.63. The Morgan fingerprint density at radius 1 is 0.914 bits per heavy atom. The fourth-order valence-corrected chi connectivity index (χ4v) is 11.4. The van der Waals surface area contributed by atoms with Gasteiger partial charge in [0, 0.05) is 11.3 Å². The van der Waals surface area contributed by atoms with E-state index in [-0.39, 0.29) is 56.5 Å². The molecule has 4 fully saturated rings. The molecule has 0 aromatic heterocycles. The number of carbonyl (C=O) groups excluding carboxylic acids is 3. The van der Waals surface area contributed by atoms with Crippen LogP contribution in [0.5, 0.6) is 0 Å². The number of carbonyl (C=O) groups is 3. The van der Waals surface area contributed by atoms with E-state index in [9.17, 15) is 14.4 Å². The van der Waals surface area contributed by atoms with Crippen molar-refractivity contribution in [1.29, 1.82) is 0 Å². The van der Waals surface area contributed by atoms with Crippen LogP contribution in [-0.2, 0) is 19.1 Å². The van der Waals surface area contributed by atoms with Gasteiger partial charge in [-0.15, -0.1) is 0 Å². The topological polar surface area (TPSA) is 60.4 Å². The van der Waals surface area contributed by atoms with E-state index in [0.717, 1.165) is 51.4 Å². The van der Waals surface area contributed by atoms with Crippen molar-refractivity contribution in [2.75, 3.05) is 7.11 Å². The Hall–Kier alpha value is -0.970. The van der Waals surface area contributed by atoms with Crippen molar-refractivity contribution in [2.45, 2.75) is 97.7 Å². The van der Waals surface area contributed by atoms with Crippen LogP contribution in [0.3, 0.4) is 0 Å². The fraction of sp³-hybridized carbons (Fsp3) is 0.833. The summed E-state index contributed by atoms with van der Waals surface area (Å²) in [7, 11) is 1.51. The molecular weight excluding hydrogens is 504 g/mol. The van der Waals surface area contributed by atoms with Crippen LogP contribution in [0.15, 0.2) is 11.6 Å². The van der Waals surface area contributed by atoms with Gasteiger partial charge >= 0.3 is 5.97 Å². The van der Waals surface area contributed by atoms with Gasteiger partial charge in [0.1, 0.15) is 0 Å². The molecule has 0 bridgehead atoms. The molecule has 0 aromatic carbocycles. The van der Waals surface area contributed by atoms with E-state index in [0.29, 0.717) is 5.78 Å². The SMILES string of the molecule is COC(=O)C12CCC3C(C(=O)C=C4C3(C)CCC3C(C)(C)C(=O)C(Br)CC43C)C1CC(C)(C)CC2. The third-order valence-electron chi connectivity index (χ3n) is 11.9. The summed E-state index contributed by atoms with van der Waals surface area (Å²) >= 11 is 3.72. The van der Waals surface area contributed by atoms with Crippen molar-refractivity contribution in [1.82, 2.24) is 0 Å². The van der Waals surface area contributed by atoms with Crippen molar-refractivity contribution in [3.05, 3.63) is 11.6 Å². The van der Waals surface area contributed by atoms with Crippen LogP contribution < -0.4 is 0 Å². The summed E-state index contributed by atoms with van der Waals surface area (Å²) in [5, 5.41) is 0. The van der Waals surface area contributed by atoms with Crippen molar-refractivity contribution in [3.8, 4) is 0 Å². The second-order valence-electron chi connectivity index (χ2n) is 14.4. The van der Waals surface area contributed by atoms with Gasteiger partial charge in [-0.25, -0.2) is 0 Å². The van der Waals surface area contributed by atoms with E-state index in [1.54, 1.807) is 0 Å². The molecule has 0 amide bonds. The molecule has 8 unspecified atom stereocenters. The maximum absolute atomic E-state index is 14.2. The summed E-state index contributed by atoms with van der Waals surface area (Å²) in [6.45, 7) is 13.5. The van der Waals surface area contributed by atoms with Crippen molar-refractivity contribution in [3.63, 3.8) is 0 Å². The number of halogens is 1. The van der Waals surface area contributed by atoms with E-state index in [4.69, 9.17) is 4.74 Å². The van der Waals surface area contributed by atoms with Gasteiger partial charge in [0.2, 0.25) is 0 Å². The minimum atomic E-state index is -0.524. The molecule has 4 saturated carbocycles. The van der Waals surface area contributed by atoms with Crippen LogP contribution in [0.25, 0.3) is 0 Å². The molecule has 0 N–H and O–H groups in total. The van der Waals surface area contributed by atoms with Crippen molar-refractivity contribution < 1.29 is 19.1 Å². The molecule has 0 spiro atoms. The first-order valence-corrected chi connectivity index (χ1v) is 14.6. The lowest BCUT2D eigenvalue weighted by atomic mass is 9.38. The lowest BCUT2D eigenvalue weighted by molar-refractivity contribution is -0.179. The second-order valence-corrected chi connectivity index (χ2v) is 15.5. The zero-order valence-corrected chi connectivity index (χ0v) is 24.2. The first-order chi connectivity index (χ1) is 16.1. The van der Waals surface area contributed by atoms with Gasteiger partial charge in [0.05, 0.1) is 17.4 Å². The zero-order chi connectivity index (χ0) is 25.8. The Morgan fingerprint density at radius 2 is 1.60 bits per heavy atom. The first kappa shape index (κ1) is 25.7. The summed E-state index contributed by atoms with van der Waals surface area (Å²) in [6, 6.07) is 0. The minimum Gasteiger partial charge on any atom is -0.469 e. The van der Waals surface area contributed by atoms with E-state index >= 15 is 0 Å². The van der Waals surface area contributed by atoms with Gasteiger partial charge in [-0.2, -0.15) is 0 Å². The van der Waals surface area contributed by atoms with Crippen LogP contribution in [0, 0.1) is 50.7 Å². The highest BCUT2D eigenvalue weighted by Crippen LogP contribution is 2.71. The predicted molar refractivity (Wildman–Crippen MR) is 140 cm³/mol. The van der Waals surface area contributed by atoms with Crippen LogP contribution in [0.2, 0.25) is 0 Å². The van der Waals surface area contributed by atoms with Gasteiger partial charge in [-0.3, -0.25) is 14.4 Å². The average Bonchev–Trinajstić information content (AvgIpc) is 2.77. The van der Waals surface area contributed by atoms with Gasteiger partial charge in [-0.1, -0.05) is 63.0 Å². The number of ether oxygens (including phenoxy) is 1. The van der Waals surface area contributed by atoms with Gasteiger partial charge in [0.25, 0.3) is 0 Å². The zero-order valence-electron chi connectivity index (χ0n) is 22.6. The van der Waals surface area contributed by atoms with Gasteiger partial charge in [0.15, 0.2) is 11.6 Å². The number of esters is 1. The number of methoxy groups -OCH3 is 1. The third kappa shape index (κ3) is 3.31. The number of hydrogen-bond acceptors (Lipinski definition) is 4. The van der Waals surface area contributed by atoms with Gasteiger partial charge < -0.3 is 4.74 Å². The highest BCUT2D eigenvalue weighted by Gasteiger charge is 2.67. The Balaban J connectivity index is 1.62. The predicted octanol–water partition coefficient (Wildman–Crippen LogP) is 6.69. The second kappa shape index (κ2) is 7.77. The molecule has 0 aliphatic heterocycles. The number of Topliss-reactive ketones (excluding diaryl/α,β-unsaturated/α-hetero) is 1. The van der Waals surface area contributed by atoms with E-state index < -0.39 is 10.8 Å². The standard InChI is InChI=1S/C30H43BrO4/c1-26(2)12-13-30(25(34)35-7)11-8-17-23(18(30)15-26)20(32)14-22-28(17,5)10-9-21-27(3,4)24(33)19(31)16-29(21,22)6/h14,17-19,21,23H,8-13,15-16H2,1-7H3. The summed E-state index contributed by atoms with van der Waals surface area (Å²) in [5.74, 6) is 0.836. The first-order valence-electron chi connectivity index (χ1n) is 13.7. The van der Waals surface area contributed by atoms with Crippen LogP contribution in [-0.4, -0.2) is 29.5 Å². The fourth-order valence-electron chi connectivity index (χ4n) is 10.1. The molecule has 5 aliphatic carbocycles. The normalized spacial score (nSPS) is 48.0. The largest absolute Gasteiger partial charge is 0.469 e. The molecule has 4 nitrogen and oxygen atoms in total. The highest BCUT2D eigenvalue weighted by molar-refractivity contribution is 9.10. The molecule has 5 heteroatoms. The van der Waals surface area contributed by atoms with E-state index in [1.807, 2.05) is 6.08 Å². The van der Waals surface area contributed by atoms with Gasteiger partial charge in [-0.05, 0) is 91.4 Å².